The van der Waals surface area contributed by atoms with Gasteiger partial charge in [0.15, 0.2) is 5.60 Å². The second-order valence-electron chi connectivity index (χ2n) is 18.0. The molecular formula is C42H57F3N6O9S. The summed E-state index contributed by atoms with van der Waals surface area (Å²) in [5.41, 5.74) is -3.99. The smallest absolute Gasteiger partial charge is 0.408 e. The minimum absolute atomic E-state index is 0.0192. The highest BCUT2D eigenvalue weighted by Gasteiger charge is 2.64. The molecule has 1 aromatic carbocycles. The molecular weight excluding hydrogens is 822 g/mol. The normalized spacial score (nSPS) is 28.5. The molecule has 0 bridgehead atoms. The minimum Gasteiger partial charge on any atom is -0.497 e. The molecule has 61 heavy (non-hydrogen) atoms. The molecule has 3 fully saturated rings. The van der Waals surface area contributed by atoms with E-state index in [0.717, 1.165) is 19.2 Å². The third kappa shape index (κ3) is 9.36. The highest BCUT2D eigenvalue weighted by molar-refractivity contribution is 7.91. The van der Waals surface area contributed by atoms with Crippen LogP contribution in [0, 0.1) is 17.8 Å². The zero-order chi connectivity index (χ0) is 44.9. The number of hydrogen-bond donors (Lipinski definition) is 3. The summed E-state index contributed by atoms with van der Waals surface area (Å²) in [7, 11) is 0.692. The molecule has 19 heteroatoms. The van der Waals surface area contributed by atoms with Crippen LogP contribution in [-0.2, 0) is 29.1 Å². The lowest BCUT2D eigenvalue weighted by atomic mass is 9.88. The molecule has 336 valence electrons. The second kappa shape index (κ2) is 16.8. The van der Waals surface area contributed by atoms with Crippen LogP contribution in [0.2, 0.25) is 0 Å². The molecule has 2 saturated carbocycles. The van der Waals surface area contributed by atoms with Crippen molar-refractivity contribution in [1.82, 2.24) is 25.2 Å². The zero-order valence-electron chi connectivity index (χ0n) is 35.9. The number of anilines is 1. The summed E-state index contributed by atoms with van der Waals surface area (Å²) in [5.74, 6) is -5.88. The van der Waals surface area contributed by atoms with Gasteiger partial charge in [-0.3, -0.25) is 19.1 Å². The zero-order valence-corrected chi connectivity index (χ0v) is 36.7. The van der Waals surface area contributed by atoms with E-state index in [-0.39, 0.29) is 44.0 Å². The Labute approximate surface area is 354 Å². The number of carbonyl (C=O) groups is 4. The quantitative estimate of drug-likeness (QED) is 0.258. The van der Waals surface area contributed by atoms with Crippen LogP contribution in [0.1, 0.15) is 79.6 Å². The van der Waals surface area contributed by atoms with Gasteiger partial charge in [-0.25, -0.2) is 26.4 Å². The molecule has 2 aliphatic carbocycles. The third-order valence-electron chi connectivity index (χ3n) is 12.7. The Morgan fingerprint density at radius 1 is 1.10 bits per heavy atom. The SMILES string of the molecule is COc1ccc2c(O[C@@H]3C[C@H]4C(=O)N[C@]5(C(=O)NS(=O)(=O)C6(CF)CC6)CC5/C=C\CC[C@@H](C)C[C@@H](C)[C@H](NC(=O)OC(C)(C)C(C)(F)F)C(=O)N4C3)nc(N(C)C)cc2c1. The molecule has 3 N–H and O–H groups in total. The second-order valence-corrected chi connectivity index (χ2v) is 20.1. The van der Waals surface area contributed by atoms with Gasteiger partial charge in [-0.2, -0.15) is 4.98 Å². The lowest BCUT2D eigenvalue weighted by Gasteiger charge is -2.35. The first-order valence-corrected chi connectivity index (χ1v) is 22.1. The Bertz CT molecular complexity index is 2180. The number of alkyl carbamates (subject to hydrolysis) is 1. The van der Waals surface area contributed by atoms with Crippen LogP contribution in [0.15, 0.2) is 36.4 Å². The largest absolute Gasteiger partial charge is 0.497 e. The summed E-state index contributed by atoms with van der Waals surface area (Å²) in [6.07, 6.45) is 3.02. The number of nitrogens with one attached hydrogen (secondary N) is 3. The number of sulfonamides is 1. The number of nitrogens with zero attached hydrogens (tertiary/aromatic N) is 3. The molecule has 2 aromatic rings. The Morgan fingerprint density at radius 3 is 2.43 bits per heavy atom. The molecule has 3 heterocycles. The molecule has 15 nitrogen and oxygen atoms in total. The molecule has 6 rings (SSSR count). The third-order valence-corrected chi connectivity index (χ3v) is 14.8. The lowest BCUT2D eigenvalue weighted by molar-refractivity contribution is -0.152. The number of fused-ring (bicyclic) bond motifs is 3. The van der Waals surface area contributed by atoms with Crippen molar-refractivity contribution in [2.24, 2.45) is 17.8 Å². The van der Waals surface area contributed by atoms with Crippen LogP contribution in [0.25, 0.3) is 10.8 Å². The van der Waals surface area contributed by atoms with Gasteiger partial charge >= 0.3 is 6.09 Å². The number of benzene rings is 1. The summed E-state index contributed by atoms with van der Waals surface area (Å²) in [4.78, 5) is 64.6. The van der Waals surface area contributed by atoms with Gasteiger partial charge in [0.05, 0.1) is 13.7 Å². The van der Waals surface area contributed by atoms with Gasteiger partial charge in [0.25, 0.3) is 11.8 Å². The number of halogens is 3. The first kappa shape index (κ1) is 45.7. The fraction of sp³-hybridized carbons (Fsp3) is 0.643. The number of rotatable bonds is 11. The molecule has 4 amide bonds. The maximum absolute atomic E-state index is 14.9. The van der Waals surface area contributed by atoms with Crippen LogP contribution >= 0.6 is 0 Å². The summed E-state index contributed by atoms with van der Waals surface area (Å²) in [6, 6.07) is 4.46. The van der Waals surface area contributed by atoms with Crippen LogP contribution in [-0.4, -0.2) is 117 Å². The van der Waals surface area contributed by atoms with Crippen LogP contribution in [0.4, 0.5) is 23.8 Å². The monoisotopic (exact) mass is 878 g/mol. The average molecular weight is 879 g/mol. The average Bonchev–Trinajstić information content (AvgIpc) is 4.08. The van der Waals surface area contributed by atoms with Crippen molar-refractivity contribution in [2.75, 3.05) is 39.3 Å². The van der Waals surface area contributed by atoms with E-state index in [4.69, 9.17) is 19.2 Å². The number of allylic oxidation sites excluding steroid dienone is 1. The van der Waals surface area contributed by atoms with Crippen molar-refractivity contribution < 1.29 is 55.0 Å². The van der Waals surface area contributed by atoms with E-state index in [1.165, 1.54) is 12.0 Å². The molecule has 0 radical (unpaired) electrons. The van der Waals surface area contributed by atoms with Crippen molar-refractivity contribution in [3.8, 4) is 11.6 Å². The lowest BCUT2D eigenvalue weighted by Crippen LogP contribution is -2.60. The Hall–Kier alpha value is -4.81. The minimum atomic E-state index is -4.45. The van der Waals surface area contributed by atoms with Gasteiger partial charge in [0.1, 0.15) is 46.7 Å². The molecule has 7 atom stereocenters. The number of carbonyl (C=O) groups excluding carboxylic acids is 4. The summed E-state index contributed by atoms with van der Waals surface area (Å²) >= 11 is 0. The Balaban J connectivity index is 1.38. The fourth-order valence-corrected chi connectivity index (χ4v) is 9.45. The fourth-order valence-electron chi connectivity index (χ4n) is 8.02. The maximum atomic E-state index is 14.9. The number of methoxy groups -OCH3 is 1. The molecule has 1 unspecified atom stereocenters. The Morgan fingerprint density at radius 2 is 1.80 bits per heavy atom. The van der Waals surface area contributed by atoms with Crippen molar-refractivity contribution >= 4 is 50.4 Å². The van der Waals surface area contributed by atoms with Crippen molar-refractivity contribution in [3.05, 3.63) is 36.4 Å². The molecule has 1 saturated heterocycles. The van der Waals surface area contributed by atoms with E-state index in [1.54, 1.807) is 44.1 Å². The summed E-state index contributed by atoms with van der Waals surface area (Å²) in [5, 5.41) is 6.65. The molecule has 0 spiro atoms. The van der Waals surface area contributed by atoms with Crippen LogP contribution in [0.3, 0.4) is 0 Å². The van der Waals surface area contributed by atoms with E-state index >= 15 is 0 Å². The van der Waals surface area contributed by atoms with Crippen LogP contribution in [0.5, 0.6) is 11.6 Å². The molecule has 4 aliphatic rings. The van der Waals surface area contributed by atoms with Gasteiger partial charge in [-0.05, 0) is 93.9 Å². The van der Waals surface area contributed by atoms with E-state index in [1.807, 2.05) is 25.1 Å². The highest BCUT2D eigenvalue weighted by atomic mass is 32.2. The number of pyridine rings is 1. The highest BCUT2D eigenvalue weighted by Crippen LogP contribution is 2.48. The number of ether oxygens (including phenoxy) is 3. The standard InChI is InChI=1S/C42H57F3N6O9S/c1-24-11-9-10-12-27-21-42(27,37(54)49-61(56,57)41(23-43)15-16-41)48-34(52)31-20-29(59-35-30-14-13-28(58-8)18-26(30)19-32(46-35)50(6)7)22-51(31)36(53)33(25(2)17-24)47-38(55)60-39(3,4)40(5,44)45/h10,12-14,18-19,24-25,27,29,31,33H,9,11,15-17,20-23H2,1-8H3,(H,47,55)(H,48,52)(H,49,54)/b12-10-/t24-,25-,27?,29-,31+,33+,42-/m1/s1. The first-order chi connectivity index (χ1) is 28.5. The van der Waals surface area contributed by atoms with Gasteiger partial charge in [0, 0.05) is 38.7 Å². The van der Waals surface area contributed by atoms with Crippen molar-refractivity contribution in [3.63, 3.8) is 0 Å². The number of hydrogen-bond acceptors (Lipinski definition) is 11. The van der Waals surface area contributed by atoms with Gasteiger partial charge in [0.2, 0.25) is 27.7 Å². The maximum Gasteiger partial charge on any atom is 0.408 e. The first-order valence-electron chi connectivity index (χ1n) is 20.6. The van der Waals surface area contributed by atoms with Gasteiger partial charge in [-0.1, -0.05) is 26.0 Å². The van der Waals surface area contributed by atoms with E-state index in [9.17, 15) is 40.8 Å². The number of aromatic nitrogens is 1. The van der Waals surface area contributed by atoms with Crippen molar-refractivity contribution in [2.45, 2.75) is 120 Å². The number of alkyl halides is 3. The molecule has 1 aromatic heterocycles. The van der Waals surface area contributed by atoms with Gasteiger partial charge < -0.3 is 34.6 Å². The molecule has 2 aliphatic heterocycles. The Kier molecular flexibility index (Phi) is 12.6. The van der Waals surface area contributed by atoms with Crippen LogP contribution < -0.4 is 29.7 Å². The number of amides is 4. The topological polar surface area (TPSA) is 186 Å². The van der Waals surface area contributed by atoms with E-state index < -0.39 is 92.3 Å². The summed E-state index contributed by atoms with van der Waals surface area (Å²) < 4.78 is 86.8. The van der Waals surface area contributed by atoms with Crippen molar-refractivity contribution in [1.29, 1.82) is 0 Å². The summed E-state index contributed by atoms with van der Waals surface area (Å²) in [6.45, 7) is 5.04. The predicted octanol–water partition coefficient (Wildman–Crippen LogP) is 5.02. The predicted molar refractivity (Wildman–Crippen MR) is 221 cm³/mol. The van der Waals surface area contributed by atoms with Gasteiger partial charge in [-0.15, -0.1) is 0 Å². The van der Waals surface area contributed by atoms with E-state index in [2.05, 4.69) is 15.4 Å². The van der Waals surface area contributed by atoms with E-state index in [0.29, 0.717) is 43.1 Å².